The Morgan fingerprint density at radius 2 is 1.86 bits per heavy atom. The van der Waals surface area contributed by atoms with Gasteiger partial charge in [-0.2, -0.15) is 0 Å². The van der Waals surface area contributed by atoms with Gasteiger partial charge in [0.25, 0.3) is 5.56 Å². The average Bonchev–Trinajstić information content (AvgIpc) is 3.05. The molecule has 2 aromatic heterocycles. The minimum absolute atomic E-state index is 0.121. The maximum Gasteiger partial charge on any atom is 0.415 e. The molecule has 0 N–H and O–H groups in total. The normalized spacial score (nSPS) is 12.3. The predicted octanol–water partition coefficient (Wildman–Crippen LogP) is 5.66. The molecule has 0 bridgehead atoms. The zero-order valence-electron chi connectivity index (χ0n) is 18.9. The van der Waals surface area contributed by atoms with Gasteiger partial charge in [-0.05, 0) is 44.1 Å². The Hall–Kier alpha value is -2.02. The predicted molar refractivity (Wildman–Crippen MR) is 121 cm³/mol. The maximum atomic E-state index is 13.3. The highest BCUT2D eigenvalue weighted by molar-refractivity contribution is 7.17. The van der Waals surface area contributed by atoms with E-state index in [0.717, 1.165) is 17.5 Å². The van der Waals surface area contributed by atoms with Crippen LogP contribution >= 0.6 is 11.3 Å². The van der Waals surface area contributed by atoms with Crippen LogP contribution in [0.25, 0.3) is 10.1 Å². The quantitative estimate of drug-likeness (QED) is 0.564. The standard InChI is InChI=1S/C22H34N2O4S/c1-9-10-12-27-16-17-15(11-13-29-17)19(25)24(14-21(2,3)4)18(16)23(8)20(26)28-22(5,6)7/h11,13H,9-10,12,14H2,1-8H3. The number of nitrogens with zero attached hydrogens (tertiary/aromatic N) is 2. The number of amides is 1. The van der Waals surface area contributed by atoms with E-state index in [1.165, 1.54) is 16.2 Å². The first-order valence-corrected chi connectivity index (χ1v) is 11.0. The molecule has 0 atom stereocenters. The molecule has 29 heavy (non-hydrogen) atoms. The monoisotopic (exact) mass is 422 g/mol. The van der Waals surface area contributed by atoms with Crippen molar-refractivity contribution >= 4 is 33.3 Å². The molecule has 1 amide bonds. The summed E-state index contributed by atoms with van der Waals surface area (Å²) in [7, 11) is 1.63. The van der Waals surface area contributed by atoms with Crippen molar-refractivity contribution < 1.29 is 14.3 Å². The summed E-state index contributed by atoms with van der Waals surface area (Å²) >= 11 is 1.45. The molecule has 0 fully saturated rings. The van der Waals surface area contributed by atoms with Crippen LogP contribution in [0, 0.1) is 5.41 Å². The Morgan fingerprint density at radius 3 is 2.41 bits per heavy atom. The van der Waals surface area contributed by atoms with Gasteiger partial charge in [-0.15, -0.1) is 11.3 Å². The Bertz CT molecular complexity index is 916. The maximum absolute atomic E-state index is 13.3. The largest absolute Gasteiger partial charge is 0.488 e. The zero-order valence-corrected chi connectivity index (χ0v) is 19.7. The second kappa shape index (κ2) is 8.78. The summed E-state index contributed by atoms with van der Waals surface area (Å²) in [6.45, 7) is 14.7. The van der Waals surface area contributed by atoms with E-state index in [1.807, 2.05) is 32.2 Å². The molecule has 2 heterocycles. The molecule has 0 aliphatic rings. The topological polar surface area (TPSA) is 60.8 Å². The van der Waals surface area contributed by atoms with Crippen molar-refractivity contribution in [3.05, 3.63) is 21.8 Å². The molecule has 2 rings (SSSR count). The van der Waals surface area contributed by atoms with Crippen molar-refractivity contribution in [3.8, 4) is 5.75 Å². The van der Waals surface area contributed by atoms with Crippen molar-refractivity contribution in [1.82, 2.24) is 4.57 Å². The van der Waals surface area contributed by atoms with E-state index >= 15 is 0 Å². The molecule has 0 unspecified atom stereocenters. The molecule has 7 heteroatoms. The molecule has 0 saturated heterocycles. The van der Waals surface area contributed by atoms with Crippen LogP contribution < -0.4 is 15.2 Å². The van der Waals surface area contributed by atoms with Gasteiger partial charge in [0, 0.05) is 13.6 Å². The molecule has 162 valence electrons. The lowest BCUT2D eigenvalue weighted by Gasteiger charge is -2.30. The highest BCUT2D eigenvalue weighted by Crippen LogP contribution is 2.39. The molecular weight excluding hydrogens is 388 g/mol. The highest BCUT2D eigenvalue weighted by atomic mass is 32.1. The van der Waals surface area contributed by atoms with Crippen molar-refractivity contribution in [2.45, 2.75) is 73.5 Å². The number of hydrogen-bond acceptors (Lipinski definition) is 5. The van der Waals surface area contributed by atoms with E-state index in [-0.39, 0.29) is 11.0 Å². The van der Waals surface area contributed by atoms with E-state index in [9.17, 15) is 9.59 Å². The molecular formula is C22H34N2O4S. The first-order chi connectivity index (χ1) is 13.4. The number of aromatic nitrogens is 1. The number of hydrogen-bond donors (Lipinski definition) is 0. The fourth-order valence-electron chi connectivity index (χ4n) is 2.94. The summed E-state index contributed by atoms with van der Waals surface area (Å²) in [5, 5.41) is 2.50. The Balaban J connectivity index is 2.72. The van der Waals surface area contributed by atoms with Crippen LogP contribution in [0.3, 0.4) is 0 Å². The van der Waals surface area contributed by atoms with E-state index in [4.69, 9.17) is 9.47 Å². The van der Waals surface area contributed by atoms with Gasteiger partial charge in [-0.25, -0.2) is 4.79 Å². The van der Waals surface area contributed by atoms with Crippen molar-refractivity contribution in [2.24, 2.45) is 5.41 Å². The van der Waals surface area contributed by atoms with Gasteiger partial charge < -0.3 is 9.47 Å². The van der Waals surface area contributed by atoms with Gasteiger partial charge in [-0.1, -0.05) is 34.1 Å². The highest BCUT2D eigenvalue weighted by Gasteiger charge is 2.30. The third-order valence-corrected chi connectivity index (χ3v) is 5.08. The van der Waals surface area contributed by atoms with Gasteiger partial charge >= 0.3 is 6.09 Å². The number of anilines is 1. The molecule has 0 aromatic carbocycles. The first-order valence-electron chi connectivity index (χ1n) is 10.1. The summed E-state index contributed by atoms with van der Waals surface area (Å²) in [5.74, 6) is 1.02. The smallest absolute Gasteiger partial charge is 0.415 e. The van der Waals surface area contributed by atoms with Gasteiger partial charge in [-0.3, -0.25) is 14.3 Å². The second-order valence-corrected chi connectivity index (χ2v) is 10.4. The van der Waals surface area contributed by atoms with Crippen molar-refractivity contribution in [3.63, 3.8) is 0 Å². The fraction of sp³-hybridized carbons (Fsp3) is 0.636. The third-order valence-electron chi connectivity index (χ3n) is 4.17. The van der Waals surface area contributed by atoms with E-state index in [1.54, 1.807) is 11.6 Å². The zero-order chi connectivity index (χ0) is 22.0. The lowest BCUT2D eigenvalue weighted by atomic mass is 9.96. The van der Waals surface area contributed by atoms with Crippen LogP contribution in [0.1, 0.15) is 61.3 Å². The van der Waals surface area contributed by atoms with E-state index in [2.05, 4.69) is 27.7 Å². The molecule has 0 aliphatic carbocycles. The molecule has 0 radical (unpaired) electrons. The lowest BCUT2D eigenvalue weighted by molar-refractivity contribution is 0.0585. The SMILES string of the molecule is CCCCOc1c(N(C)C(=O)OC(C)(C)C)n(CC(C)(C)C)c(=O)c2ccsc12. The van der Waals surface area contributed by atoms with Gasteiger partial charge in [0.1, 0.15) is 5.60 Å². The summed E-state index contributed by atoms with van der Waals surface area (Å²) in [6.07, 6.45) is 1.36. The number of thiophene rings is 1. The lowest BCUT2D eigenvalue weighted by Crippen LogP contribution is -2.39. The average molecular weight is 423 g/mol. The Labute approximate surface area is 177 Å². The number of pyridine rings is 1. The number of rotatable bonds is 6. The Morgan fingerprint density at radius 1 is 1.21 bits per heavy atom. The van der Waals surface area contributed by atoms with Crippen LogP contribution in [0.4, 0.5) is 10.6 Å². The van der Waals surface area contributed by atoms with Gasteiger partial charge in [0.15, 0.2) is 11.6 Å². The molecule has 2 aromatic rings. The molecule has 0 spiro atoms. The molecule has 6 nitrogen and oxygen atoms in total. The van der Waals surface area contributed by atoms with Crippen molar-refractivity contribution in [1.29, 1.82) is 0 Å². The van der Waals surface area contributed by atoms with Crippen molar-refractivity contribution in [2.75, 3.05) is 18.6 Å². The second-order valence-electron chi connectivity index (χ2n) is 9.51. The minimum atomic E-state index is -0.642. The summed E-state index contributed by atoms with van der Waals surface area (Å²) in [6, 6.07) is 1.82. The van der Waals surface area contributed by atoms with Crippen LogP contribution in [0.15, 0.2) is 16.2 Å². The fourth-order valence-corrected chi connectivity index (χ4v) is 3.82. The number of carbonyl (C=O) groups is 1. The van der Waals surface area contributed by atoms with Crippen LogP contribution in [-0.2, 0) is 11.3 Å². The number of carbonyl (C=O) groups excluding carboxylic acids is 1. The number of fused-ring (bicyclic) bond motifs is 1. The minimum Gasteiger partial charge on any atom is -0.488 e. The van der Waals surface area contributed by atoms with Crippen LogP contribution in [0.5, 0.6) is 5.75 Å². The molecule has 0 aliphatic heterocycles. The Kier molecular flexibility index (Phi) is 7.04. The van der Waals surface area contributed by atoms with Crippen LogP contribution in [0.2, 0.25) is 0 Å². The summed E-state index contributed by atoms with van der Waals surface area (Å²) < 4.78 is 14.2. The van der Waals surface area contributed by atoms with Gasteiger partial charge in [0.05, 0.1) is 16.7 Å². The van der Waals surface area contributed by atoms with Crippen LogP contribution in [-0.4, -0.2) is 29.9 Å². The summed E-state index contributed by atoms with van der Waals surface area (Å²) in [4.78, 5) is 27.6. The third kappa shape index (κ3) is 5.75. The first kappa shape index (κ1) is 23.3. The van der Waals surface area contributed by atoms with Gasteiger partial charge in [0.2, 0.25) is 0 Å². The summed E-state index contributed by atoms with van der Waals surface area (Å²) in [5.41, 5.74) is -0.932. The number of unbranched alkanes of at least 4 members (excludes halogenated alkanes) is 1. The molecule has 0 saturated carbocycles. The van der Waals surface area contributed by atoms with E-state index in [0.29, 0.717) is 30.1 Å². The van der Waals surface area contributed by atoms with E-state index < -0.39 is 11.7 Å². The number of ether oxygens (including phenoxy) is 2.